The molecule has 2 nitrogen and oxygen atoms in total. The second-order valence-electron chi connectivity index (χ2n) is 1.99. The van der Waals surface area contributed by atoms with Gasteiger partial charge in [-0.25, -0.2) is 0 Å². The Morgan fingerprint density at radius 2 is 2.50 bits per heavy atom. The Bertz CT molecular complexity index is 222. The van der Waals surface area contributed by atoms with E-state index in [1.54, 1.807) is 6.20 Å². The largest absolute Gasteiger partial charge is 0.267 e. The summed E-state index contributed by atoms with van der Waals surface area (Å²) in [5, 5.41) is 5.71. The third kappa shape index (κ3) is 1.52. The molecule has 1 aromatic heterocycles. The zero-order valence-corrected chi connectivity index (χ0v) is 7.98. The molecule has 0 unspecified atom stereocenters. The van der Waals surface area contributed by atoms with Crippen LogP contribution >= 0.6 is 27.5 Å². The molecule has 0 atom stereocenters. The Labute approximate surface area is 73.3 Å². The molecule has 10 heavy (non-hydrogen) atoms. The molecule has 0 aliphatic heterocycles. The molecular formula is C6H8BrClN2. The van der Waals surface area contributed by atoms with Crippen molar-refractivity contribution in [2.45, 2.75) is 13.5 Å². The van der Waals surface area contributed by atoms with Crippen molar-refractivity contribution < 1.29 is 0 Å². The van der Waals surface area contributed by atoms with E-state index in [2.05, 4.69) is 21.0 Å². The van der Waals surface area contributed by atoms with Crippen LogP contribution in [0.4, 0.5) is 0 Å². The summed E-state index contributed by atoms with van der Waals surface area (Å²) in [5.74, 6) is 0. The Hall–Kier alpha value is -0.0200. The minimum atomic E-state index is 0.737. The predicted octanol–water partition coefficient (Wildman–Crippen LogP) is 2.24. The fourth-order valence-electron chi connectivity index (χ4n) is 0.729. The maximum Gasteiger partial charge on any atom is 0.0814 e. The van der Waals surface area contributed by atoms with Gasteiger partial charge in [0.1, 0.15) is 0 Å². The van der Waals surface area contributed by atoms with Gasteiger partial charge in [-0.3, -0.25) is 4.68 Å². The number of rotatable bonds is 2. The van der Waals surface area contributed by atoms with Crippen molar-refractivity contribution in [3.05, 3.63) is 16.9 Å². The molecule has 0 radical (unpaired) electrons. The molecule has 0 amide bonds. The van der Waals surface area contributed by atoms with Crippen LogP contribution in [0.25, 0.3) is 0 Å². The number of aromatic nitrogens is 2. The zero-order chi connectivity index (χ0) is 7.56. The van der Waals surface area contributed by atoms with Crippen LogP contribution in [0.1, 0.15) is 5.69 Å². The van der Waals surface area contributed by atoms with E-state index < -0.39 is 0 Å². The smallest absolute Gasteiger partial charge is 0.0814 e. The van der Waals surface area contributed by atoms with Gasteiger partial charge >= 0.3 is 0 Å². The first-order valence-electron chi connectivity index (χ1n) is 2.99. The molecular weight excluding hydrogens is 215 g/mol. The lowest BCUT2D eigenvalue weighted by Gasteiger charge is -1.98. The summed E-state index contributed by atoms with van der Waals surface area (Å²) in [5.41, 5.74) is 1.03. The fraction of sp³-hybridized carbons (Fsp3) is 0.500. The highest BCUT2D eigenvalue weighted by molar-refractivity contribution is 9.09. The summed E-state index contributed by atoms with van der Waals surface area (Å²) in [6.07, 6.45) is 1.67. The summed E-state index contributed by atoms with van der Waals surface area (Å²) < 4.78 is 1.87. The first-order chi connectivity index (χ1) is 4.75. The topological polar surface area (TPSA) is 17.8 Å². The SMILES string of the molecule is Cc1c(Cl)cnn1CCBr. The monoisotopic (exact) mass is 222 g/mol. The molecule has 0 aliphatic rings. The molecule has 56 valence electrons. The molecule has 0 bridgehead atoms. The van der Waals surface area contributed by atoms with E-state index in [1.165, 1.54) is 0 Å². The molecule has 4 heteroatoms. The van der Waals surface area contributed by atoms with E-state index in [4.69, 9.17) is 11.6 Å². The van der Waals surface area contributed by atoms with E-state index in [-0.39, 0.29) is 0 Å². The average molecular weight is 224 g/mol. The molecule has 0 saturated carbocycles. The number of hydrogen-bond donors (Lipinski definition) is 0. The lowest BCUT2D eigenvalue weighted by molar-refractivity contribution is 0.648. The molecule has 0 fully saturated rings. The standard InChI is InChI=1S/C6H8BrClN2/c1-5-6(8)4-9-10(5)3-2-7/h4H,2-3H2,1H3. The Morgan fingerprint density at radius 3 is 2.90 bits per heavy atom. The predicted molar refractivity (Wildman–Crippen MR) is 45.8 cm³/mol. The molecule has 1 aromatic rings. The van der Waals surface area contributed by atoms with E-state index in [1.807, 2.05) is 11.6 Å². The van der Waals surface area contributed by atoms with E-state index >= 15 is 0 Å². The van der Waals surface area contributed by atoms with Crippen molar-refractivity contribution in [3.8, 4) is 0 Å². The number of alkyl halides is 1. The van der Waals surface area contributed by atoms with E-state index in [0.717, 1.165) is 22.6 Å². The second-order valence-corrected chi connectivity index (χ2v) is 3.19. The third-order valence-electron chi connectivity index (χ3n) is 1.34. The van der Waals surface area contributed by atoms with Gasteiger partial charge in [-0.15, -0.1) is 0 Å². The van der Waals surface area contributed by atoms with Gasteiger partial charge in [0.15, 0.2) is 0 Å². The summed E-state index contributed by atoms with van der Waals surface area (Å²) in [6.45, 7) is 2.83. The summed E-state index contributed by atoms with van der Waals surface area (Å²) >= 11 is 9.09. The van der Waals surface area contributed by atoms with Crippen LogP contribution in [0, 0.1) is 6.92 Å². The van der Waals surface area contributed by atoms with Crippen LogP contribution in [0.5, 0.6) is 0 Å². The van der Waals surface area contributed by atoms with Crippen molar-refractivity contribution in [3.63, 3.8) is 0 Å². The maximum absolute atomic E-state index is 5.77. The van der Waals surface area contributed by atoms with Crippen molar-refractivity contribution in [2.24, 2.45) is 0 Å². The van der Waals surface area contributed by atoms with Gasteiger partial charge in [0, 0.05) is 5.33 Å². The van der Waals surface area contributed by atoms with Crippen LogP contribution in [0.15, 0.2) is 6.20 Å². The van der Waals surface area contributed by atoms with Crippen LogP contribution in [-0.2, 0) is 6.54 Å². The maximum atomic E-state index is 5.77. The quantitative estimate of drug-likeness (QED) is 0.703. The first kappa shape index (κ1) is 8.08. The van der Waals surface area contributed by atoms with Gasteiger partial charge in [0.2, 0.25) is 0 Å². The third-order valence-corrected chi connectivity index (χ3v) is 2.07. The highest BCUT2D eigenvalue weighted by atomic mass is 79.9. The summed E-state index contributed by atoms with van der Waals surface area (Å²) in [6, 6.07) is 0. The zero-order valence-electron chi connectivity index (χ0n) is 5.64. The lowest BCUT2D eigenvalue weighted by atomic mass is 10.5. The van der Waals surface area contributed by atoms with Gasteiger partial charge in [0.25, 0.3) is 0 Å². The Balaban J connectivity index is 2.83. The van der Waals surface area contributed by atoms with Crippen molar-refractivity contribution in [1.82, 2.24) is 9.78 Å². The number of nitrogens with zero attached hydrogens (tertiary/aromatic N) is 2. The van der Waals surface area contributed by atoms with Gasteiger partial charge in [-0.2, -0.15) is 5.10 Å². The van der Waals surface area contributed by atoms with Crippen LogP contribution in [0.3, 0.4) is 0 Å². The van der Waals surface area contributed by atoms with Crippen LogP contribution in [0.2, 0.25) is 5.02 Å². The number of hydrogen-bond acceptors (Lipinski definition) is 1. The highest BCUT2D eigenvalue weighted by Gasteiger charge is 2.00. The Kier molecular flexibility index (Phi) is 2.74. The molecule has 0 N–H and O–H groups in total. The van der Waals surface area contributed by atoms with Gasteiger partial charge in [0.05, 0.1) is 23.5 Å². The summed E-state index contributed by atoms with van der Waals surface area (Å²) in [7, 11) is 0. The lowest BCUT2D eigenvalue weighted by Crippen LogP contribution is -2.02. The van der Waals surface area contributed by atoms with Crippen LogP contribution in [-0.4, -0.2) is 15.1 Å². The van der Waals surface area contributed by atoms with Gasteiger partial charge in [-0.1, -0.05) is 27.5 Å². The average Bonchev–Trinajstić information content (AvgIpc) is 2.20. The van der Waals surface area contributed by atoms with Gasteiger partial charge in [-0.05, 0) is 6.92 Å². The van der Waals surface area contributed by atoms with E-state index in [9.17, 15) is 0 Å². The first-order valence-corrected chi connectivity index (χ1v) is 4.49. The molecule has 1 heterocycles. The number of halogens is 2. The minimum Gasteiger partial charge on any atom is -0.267 e. The Morgan fingerprint density at radius 1 is 1.80 bits per heavy atom. The second kappa shape index (κ2) is 3.39. The minimum absolute atomic E-state index is 0.737. The fourth-order valence-corrected chi connectivity index (χ4v) is 1.21. The molecule has 0 spiro atoms. The number of aryl methyl sites for hydroxylation is 1. The molecule has 0 saturated heterocycles. The van der Waals surface area contributed by atoms with Crippen LogP contribution < -0.4 is 0 Å². The normalized spacial score (nSPS) is 10.3. The summed E-state index contributed by atoms with van der Waals surface area (Å²) in [4.78, 5) is 0. The van der Waals surface area contributed by atoms with Crippen molar-refractivity contribution in [2.75, 3.05) is 5.33 Å². The molecule has 1 rings (SSSR count). The molecule has 0 aromatic carbocycles. The van der Waals surface area contributed by atoms with Gasteiger partial charge < -0.3 is 0 Å². The molecule has 0 aliphatic carbocycles. The highest BCUT2D eigenvalue weighted by Crippen LogP contribution is 2.12. The van der Waals surface area contributed by atoms with E-state index in [0.29, 0.717) is 0 Å². The van der Waals surface area contributed by atoms with Crippen molar-refractivity contribution >= 4 is 27.5 Å². The van der Waals surface area contributed by atoms with Crippen molar-refractivity contribution in [1.29, 1.82) is 0 Å².